The predicted octanol–water partition coefficient (Wildman–Crippen LogP) is -0.576. The van der Waals surface area contributed by atoms with Gasteiger partial charge in [-0.25, -0.2) is 9.48 Å². The van der Waals surface area contributed by atoms with Gasteiger partial charge in [-0.3, -0.25) is 9.48 Å². The van der Waals surface area contributed by atoms with E-state index >= 15 is 0 Å². The quantitative estimate of drug-likeness (QED) is 0.376. The predicted molar refractivity (Wildman–Crippen MR) is 108 cm³/mol. The van der Waals surface area contributed by atoms with E-state index in [1.807, 2.05) is 49.0 Å². The molecular formula is C20H30N2O8. The largest absolute Gasteiger partial charge is 0.479 e. The van der Waals surface area contributed by atoms with Gasteiger partial charge >= 0.3 is 5.97 Å². The maximum absolute atomic E-state index is 11.6. The number of nitrogens with zero attached hydrogens (tertiary/aromatic N) is 2. The Bertz CT molecular complexity index is 846. The van der Waals surface area contributed by atoms with Crippen molar-refractivity contribution in [1.82, 2.24) is 9.36 Å². The van der Waals surface area contributed by atoms with Crippen molar-refractivity contribution in [2.75, 3.05) is 6.61 Å². The highest BCUT2D eigenvalue weighted by Gasteiger charge is 2.36. The van der Waals surface area contributed by atoms with Crippen LogP contribution in [0.25, 0.3) is 5.69 Å². The van der Waals surface area contributed by atoms with Crippen molar-refractivity contribution in [2.24, 2.45) is 7.05 Å². The molecule has 1 heterocycles. The van der Waals surface area contributed by atoms with Crippen molar-refractivity contribution < 1.29 is 35.1 Å². The topological polar surface area (TPSA) is 154 Å². The van der Waals surface area contributed by atoms with Gasteiger partial charge in [0.2, 0.25) is 0 Å². The van der Waals surface area contributed by atoms with E-state index in [9.17, 15) is 19.8 Å². The fraction of sp³-hybridized carbons (Fsp3) is 0.500. The van der Waals surface area contributed by atoms with E-state index in [0.29, 0.717) is 0 Å². The number of hydrogen-bond acceptors (Lipinski definition) is 7. The molecule has 4 atom stereocenters. The number of carboxylic acids is 1. The van der Waals surface area contributed by atoms with Gasteiger partial charge in [0.1, 0.15) is 18.3 Å². The molecule has 0 spiro atoms. The van der Waals surface area contributed by atoms with Crippen molar-refractivity contribution in [3.8, 4) is 5.69 Å². The minimum absolute atomic E-state index is 0.0104. The molecule has 0 bridgehead atoms. The molecule has 0 aliphatic heterocycles. The molecule has 0 radical (unpaired) electrons. The molecule has 2 aromatic rings. The molecule has 168 valence electrons. The molecular weight excluding hydrogens is 396 g/mol. The lowest BCUT2D eigenvalue weighted by molar-refractivity contribution is -0.177. The molecule has 0 aliphatic rings. The number of aromatic nitrogens is 2. The summed E-state index contributed by atoms with van der Waals surface area (Å²) < 4.78 is 8.38. The first kappa shape index (κ1) is 25.5. The molecule has 2 rings (SSSR count). The molecule has 0 unspecified atom stereocenters. The second-order valence-corrected chi connectivity index (χ2v) is 6.97. The van der Waals surface area contributed by atoms with Crippen molar-refractivity contribution in [1.29, 1.82) is 0 Å². The molecule has 0 saturated carbocycles. The van der Waals surface area contributed by atoms with Crippen molar-refractivity contribution >= 4 is 5.97 Å². The molecule has 0 saturated heterocycles. The Balaban J connectivity index is 0.000000301. The normalized spacial score (nSPS) is 15.1. The second kappa shape index (κ2) is 11.6. The fourth-order valence-corrected chi connectivity index (χ4v) is 2.60. The van der Waals surface area contributed by atoms with Crippen molar-refractivity contribution in [3.05, 3.63) is 52.4 Å². The number of carbonyl (C=O) groups is 1. The highest BCUT2D eigenvalue weighted by Crippen LogP contribution is 2.11. The number of carboxylic acid groups (broad SMARTS) is 1. The van der Waals surface area contributed by atoms with Crippen LogP contribution < -0.4 is 5.56 Å². The summed E-state index contributed by atoms with van der Waals surface area (Å²) in [4.78, 5) is 22.4. The van der Waals surface area contributed by atoms with Crippen LogP contribution in [0, 0.1) is 6.92 Å². The van der Waals surface area contributed by atoms with E-state index in [-0.39, 0.29) is 5.56 Å². The first-order chi connectivity index (χ1) is 14.0. The van der Waals surface area contributed by atoms with Gasteiger partial charge in [0.25, 0.3) is 5.56 Å². The number of aliphatic hydroxyl groups is 4. The van der Waals surface area contributed by atoms with E-state index in [1.165, 1.54) is 0 Å². The highest BCUT2D eigenvalue weighted by molar-refractivity contribution is 5.73. The first-order valence-electron chi connectivity index (χ1n) is 9.35. The summed E-state index contributed by atoms with van der Waals surface area (Å²) in [7, 11) is 1.88. The third-order valence-electron chi connectivity index (χ3n) is 4.26. The van der Waals surface area contributed by atoms with Gasteiger partial charge in [0.05, 0.1) is 18.4 Å². The third-order valence-corrected chi connectivity index (χ3v) is 4.26. The van der Waals surface area contributed by atoms with Gasteiger partial charge < -0.3 is 30.3 Å². The van der Waals surface area contributed by atoms with E-state index in [1.54, 1.807) is 24.6 Å². The summed E-state index contributed by atoms with van der Waals surface area (Å²) in [5.74, 6) is -1.45. The molecule has 0 amide bonds. The SMILES string of the molecule is CC(C)O[C@@H](C(=O)O)[C@@H](O)[C@H](O)[C@H](O)CO.Cc1cc(=O)n(-c2ccccc2)n1C. The van der Waals surface area contributed by atoms with E-state index in [0.717, 1.165) is 11.4 Å². The minimum Gasteiger partial charge on any atom is -0.479 e. The first-order valence-corrected chi connectivity index (χ1v) is 9.35. The summed E-state index contributed by atoms with van der Waals surface area (Å²) in [6.07, 6.45) is -7.34. The molecule has 0 fully saturated rings. The van der Waals surface area contributed by atoms with Gasteiger partial charge in [-0.2, -0.15) is 0 Å². The molecule has 0 aliphatic carbocycles. The molecule has 10 heteroatoms. The lowest BCUT2D eigenvalue weighted by Crippen LogP contribution is -2.50. The van der Waals surface area contributed by atoms with E-state index in [4.69, 9.17) is 20.1 Å². The van der Waals surface area contributed by atoms with Crippen LogP contribution in [0.5, 0.6) is 0 Å². The molecule has 1 aromatic carbocycles. The van der Waals surface area contributed by atoms with Crippen LogP contribution in [0.4, 0.5) is 0 Å². The van der Waals surface area contributed by atoms with Gasteiger partial charge in [-0.1, -0.05) is 18.2 Å². The Morgan fingerprint density at radius 3 is 2.07 bits per heavy atom. The van der Waals surface area contributed by atoms with Gasteiger partial charge in [-0.05, 0) is 32.9 Å². The number of aryl methyl sites for hydroxylation is 1. The highest BCUT2D eigenvalue weighted by atomic mass is 16.5. The lowest BCUT2D eigenvalue weighted by atomic mass is 10.0. The van der Waals surface area contributed by atoms with Crippen LogP contribution in [-0.4, -0.2) is 78.0 Å². The van der Waals surface area contributed by atoms with Crippen LogP contribution in [0.2, 0.25) is 0 Å². The summed E-state index contributed by atoms with van der Waals surface area (Å²) in [5.41, 5.74) is 1.86. The number of rotatable bonds is 8. The molecule has 1 aromatic heterocycles. The van der Waals surface area contributed by atoms with Crippen LogP contribution in [0.1, 0.15) is 19.5 Å². The number of aliphatic hydroxyl groups excluding tert-OH is 4. The molecule has 10 nitrogen and oxygen atoms in total. The molecule has 5 N–H and O–H groups in total. The van der Waals surface area contributed by atoms with E-state index < -0.39 is 43.1 Å². The maximum atomic E-state index is 11.6. The van der Waals surface area contributed by atoms with Gasteiger partial charge in [-0.15, -0.1) is 0 Å². The second-order valence-electron chi connectivity index (χ2n) is 6.97. The number of para-hydroxylation sites is 1. The van der Waals surface area contributed by atoms with Gasteiger partial charge in [0.15, 0.2) is 6.10 Å². The monoisotopic (exact) mass is 426 g/mol. The zero-order valence-electron chi connectivity index (χ0n) is 17.4. The van der Waals surface area contributed by atoms with Crippen molar-refractivity contribution in [3.63, 3.8) is 0 Å². The Kier molecular flexibility index (Phi) is 9.90. The summed E-state index contributed by atoms with van der Waals surface area (Å²) >= 11 is 0. The zero-order chi connectivity index (χ0) is 23.0. The van der Waals surface area contributed by atoms with E-state index in [2.05, 4.69) is 0 Å². The Morgan fingerprint density at radius 2 is 1.67 bits per heavy atom. The Labute approximate surface area is 174 Å². The lowest BCUT2D eigenvalue weighted by Gasteiger charge is -2.27. The zero-order valence-corrected chi connectivity index (χ0v) is 17.4. The van der Waals surface area contributed by atoms with Crippen LogP contribution >= 0.6 is 0 Å². The van der Waals surface area contributed by atoms with Gasteiger partial charge in [0, 0.05) is 18.8 Å². The number of benzene rings is 1. The number of aliphatic carboxylic acids is 1. The van der Waals surface area contributed by atoms with Crippen LogP contribution in [0.15, 0.2) is 41.2 Å². The standard InChI is InChI=1S/C11H12N2O.C9H18O7/c1-9-8-11(14)13(12(9)2)10-6-4-3-5-7-10;1-4(2)16-8(9(14)15)7(13)6(12)5(11)3-10/h3-8H,1-2H3;4-8,10-13H,3H2,1-2H3,(H,14,15)/t;5-,6-,7+,8-/m.1/s1. The van der Waals surface area contributed by atoms with Crippen molar-refractivity contribution in [2.45, 2.75) is 51.3 Å². The Hall–Kier alpha value is -2.50. The fourth-order valence-electron chi connectivity index (χ4n) is 2.60. The summed E-state index contributed by atoms with van der Waals surface area (Å²) in [6.45, 7) is 4.27. The average molecular weight is 426 g/mol. The average Bonchev–Trinajstić information content (AvgIpc) is 2.96. The minimum atomic E-state index is -1.82. The number of hydrogen-bond donors (Lipinski definition) is 5. The number of ether oxygens (including phenoxy) is 1. The van der Waals surface area contributed by atoms with Crippen LogP contribution in [0.3, 0.4) is 0 Å². The maximum Gasteiger partial charge on any atom is 0.335 e. The van der Waals surface area contributed by atoms with Crippen LogP contribution in [-0.2, 0) is 16.6 Å². The third kappa shape index (κ3) is 6.78. The molecule has 30 heavy (non-hydrogen) atoms. The summed E-state index contributed by atoms with van der Waals surface area (Å²) in [6, 6.07) is 11.2. The Morgan fingerprint density at radius 1 is 1.10 bits per heavy atom. The smallest absolute Gasteiger partial charge is 0.335 e. The summed E-state index contributed by atoms with van der Waals surface area (Å²) in [5, 5.41) is 45.1.